The number of likely N-dealkylation sites (N-methyl/N-ethyl adjacent to an activating group) is 1. The number of aliphatic hydroxyl groups is 3. The maximum absolute atomic E-state index is 13.7. The van der Waals surface area contributed by atoms with E-state index in [1.54, 1.807) is 44.7 Å². The lowest BCUT2D eigenvalue weighted by Gasteiger charge is -2.50. The quantitative estimate of drug-likeness (QED) is 0.288. The number of carbonyl (C=O) groups excluding carboxylic acids is 3. The summed E-state index contributed by atoms with van der Waals surface area (Å²) < 4.78 is 0. The highest BCUT2D eigenvalue weighted by molar-refractivity contribution is 6.24. The van der Waals surface area contributed by atoms with Crippen molar-refractivity contribution in [3.05, 3.63) is 81.6 Å². The molecule has 0 spiro atoms. The molecule has 5 rings (SSSR count). The fourth-order valence-electron chi connectivity index (χ4n) is 5.94. The molecule has 10 heteroatoms. The van der Waals surface area contributed by atoms with Gasteiger partial charge in [0.2, 0.25) is 5.78 Å². The molecule has 1 heterocycles. The Balaban J connectivity index is 1.68. The van der Waals surface area contributed by atoms with Gasteiger partial charge in [0, 0.05) is 35.0 Å². The van der Waals surface area contributed by atoms with Crippen molar-refractivity contribution in [1.29, 1.82) is 0 Å². The van der Waals surface area contributed by atoms with Gasteiger partial charge in [0.25, 0.3) is 5.91 Å². The van der Waals surface area contributed by atoms with E-state index < -0.39 is 58.0 Å². The normalized spacial score (nSPS) is 26.4. The maximum atomic E-state index is 13.7. The van der Waals surface area contributed by atoms with Crippen LogP contribution in [0.2, 0.25) is 0 Å². The highest BCUT2D eigenvalue weighted by Crippen LogP contribution is 2.52. The van der Waals surface area contributed by atoms with Crippen molar-refractivity contribution in [2.75, 3.05) is 14.1 Å². The van der Waals surface area contributed by atoms with Gasteiger partial charge in [-0.15, -0.1) is 0 Å². The molecule has 0 saturated carbocycles. The topological polar surface area (TPSA) is 174 Å². The van der Waals surface area contributed by atoms with Crippen molar-refractivity contribution in [2.24, 2.45) is 17.6 Å². The molecular weight excluding hydrogens is 490 g/mol. The second kappa shape index (κ2) is 8.83. The molecule has 38 heavy (non-hydrogen) atoms. The van der Waals surface area contributed by atoms with Crippen molar-refractivity contribution in [1.82, 2.24) is 9.88 Å². The van der Waals surface area contributed by atoms with Crippen molar-refractivity contribution in [2.45, 2.75) is 24.5 Å². The van der Waals surface area contributed by atoms with Gasteiger partial charge in [0.15, 0.2) is 11.4 Å². The number of phenols is 1. The number of carbonyl (C=O) groups is 3. The summed E-state index contributed by atoms with van der Waals surface area (Å²) >= 11 is 0. The largest absolute Gasteiger partial charge is 0.510 e. The first-order valence-corrected chi connectivity index (χ1v) is 11.9. The number of aliphatic hydroxyl groups excluding tert-OH is 2. The summed E-state index contributed by atoms with van der Waals surface area (Å²) in [5.41, 5.74) is 3.17. The van der Waals surface area contributed by atoms with E-state index in [2.05, 4.69) is 16.8 Å². The van der Waals surface area contributed by atoms with Gasteiger partial charge < -0.3 is 26.2 Å². The van der Waals surface area contributed by atoms with Gasteiger partial charge in [-0.3, -0.25) is 24.3 Å². The fraction of sp³-hybridized carbons (Fsp3) is 0.286. The summed E-state index contributed by atoms with van der Waals surface area (Å²) in [5.74, 6) is -0.870. The Labute approximate surface area is 217 Å². The molecule has 2 aromatic rings. The number of hydrogen-bond acceptors (Lipinski definition) is 9. The minimum atomic E-state index is -2.67. The van der Waals surface area contributed by atoms with Crippen LogP contribution in [0.15, 0.2) is 59.3 Å². The lowest BCUT2D eigenvalue weighted by molar-refractivity contribution is -0.148. The van der Waals surface area contributed by atoms with Gasteiger partial charge in [0.1, 0.15) is 22.8 Å². The second-order valence-electron chi connectivity index (χ2n) is 9.94. The van der Waals surface area contributed by atoms with Crippen LogP contribution in [0.5, 0.6) is 5.75 Å². The molecular formula is C28H25N3O7. The molecule has 3 aliphatic rings. The molecule has 10 nitrogen and oxygen atoms in total. The number of amides is 1. The smallest absolute Gasteiger partial charge is 0.255 e. The van der Waals surface area contributed by atoms with E-state index >= 15 is 0 Å². The predicted octanol–water partition coefficient (Wildman–Crippen LogP) is 0.915. The molecule has 3 aliphatic carbocycles. The summed E-state index contributed by atoms with van der Waals surface area (Å²) in [4.78, 5) is 44.6. The monoisotopic (exact) mass is 515 g/mol. The summed E-state index contributed by atoms with van der Waals surface area (Å²) in [6.45, 7) is 0. The van der Waals surface area contributed by atoms with E-state index in [-0.39, 0.29) is 29.7 Å². The SMILES string of the molecule is CN(C)[C@H]1C(O)=C(C(N)=O)C(=O)[C@@]2(O)C(O)=C3C(=O)c4c(O)ccc(C#Cc5cccnc5)c4C[C@@H]3C[C@H]12. The summed E-state index contributed by atoms with van der Waals surface area (Å²) in [6, 6.07) is 5.39. The minimum absolute atomic E-state index is 0.0108. The number of ketones is 2. The van der Waals surface area contributed by atoms with Crippen LogP contribution in [0.4, 0.5) is 0 Å². The molecule has 0 bridgehead atoms. The molecule has 0 radical (unpaired) electrons. The second-order valence-corrected chi connectivity index (χ2v) is 9.94. The summed E-state index contributed by atoms with van der Waals surface area (Å²) in [6.07, 6.45) is 3.39. The lowest BCUT2D eigenvalue weighted by atomic mass is 9.58. The Hall–Kier alpha value is -4.46. The zero-order valence-electron chi connectivity index (χ0n) is 20.6. The van der Waals surface area contributed by atoms with Gasteiger partial charge in [-0.2, -0.15) is 0 Å². The average Bonchev–Trinajstić information content (AvgIpc) is 2.86. The average molecular weight is 516 g/mol. The zero-order chi connectivity index (χ0) is 27.5. The first kappa shape index (κ1) is 25.2. The van der Waals surface area contributed by atoms with E-state index in [0.717, 1.165) is 0 Å². The number of fused-ring (bicyclic) bond motifs is 3. The van der Waals surface area contributed by atoms with Gasteiger partial charge in [-0.1, -0.05) is 11.8 Å². The number of aromatic hydroxyl groups is 1. The predicted molar refractivity (Wildman–Crippen MR) is 134 cm³/mol. The van der Waals surface area contributed by atoms with Crippen LogP contribution in [0.1, 0.15) is 33.5 Å². The Kier molecular flexibility index (Phi) is 5.86. The molecule has 0 fully saturated rings. The van der Waals surface area contributed by atoms with Gasteiger partial charge in [-0.25, -0.2) is 0 Å². The fourth-order valence-corrected chi connectivity index (χ4v) is 5.94. The molecule has 1 amide bonds. The van der Waals surface area contributed by atoms with Crippen LogP contribution < -0.4 is 5.73 Å². The van der Waals surface area contributed by atoms with Crippen molar-refractivity contribution in [3.8, 4) is 17.6 Å². The molecule has 0 unspecified atom stereocenters. The van der Waals surface area contributed by atoms with Crippen LogP contribution in [-0.4, -0.2) is 73.5 Å². The van der Waals surface area contributed by atoms with E-state index in [4.69, 9.17) is 5.73 Å². The van der Waals surface area contributed by atoms with Crippen LogP contribution in [0, 0.1) is 23.7 Å². The first-order valence-electron chi connectivity index (χ1n) is 11.9. The number of aromatic nitrogens is 1. The maximum Gasteiger partial charge on any atom is 0.255 e. The van der Waals surface area contributed by atoms with E-state index in [1.807, 2.05) is 0 Å². The number of rotatable bonds is 2. The third kappa shape index (κ3) is 3.51. The van der Waals surface area contributed by atoms with Gasteiger partial charge >= 0.3 is 0 Å². The van der Waals surface area contributed by atoms with E-state index in [0.29, 0.717) is 16.7 Å². The number of hydrogen-bond donors (Lipinski definition) is 5. The van der Waals surface area contributed by atoms with Gasteiger partial charge in [-0.05, 0) is 62.7 Å². The number of nitrogens with zero attached hydrogens (tertiary/aromatic N) is 2. The number of benzene rings is 1. The zero-order valence-corrected chi connectivity index (χ0v) is 20.6. The van der Waals surface area contributed by atoms with Crippen LogP contribution in [0.3, 0.4) is 0 Å². The van der Waals surface area contributed by atoms with Crippen LogP contribution >= 0.6 is 0 Å². The van der Waals surface area contributed by atoms with E-state index in [1.165, 1.54) is 11.0 Å². The highest BCUT2D eigenvalue weighted by Gasteiger charge is 2.63. The van der Waals surface area contributed by atoms with E-state index in [9.17, 15) is 34.8 Å². The molecule has 0 saturated heterocycles. The van der Waals surface area contributed by atoms with Crippen molar-refractivity contribution >= 4 is 17.5 Å². The molecule has 0 aliphatic heterocycles. The third-order valence-electron chi connectivity index (χ3n) is 7.61. The Morgan fingerprint density at radius 3 is 2.53 bits per heavy atom. The third-order valence-corrected chi connectivity index (χ3v) is 7.61. The minimum Gasteiger partial charge on any atom is -0.510 e. The van der Waals surface area contributed by atoms with Crippen molar-refractivity contribution in [3.63, 3.8) is 0 Å². The number of pyridine rings is 1. The number of allylic oxidation sites excluding steroid dienone is 1. The summed E-state index contributed by atoms with van der Waals surface area (Å²) in [7, 11) is 3.16. The highest BCUT2D eigenvalue weighted by atomic mass is 16.3. The van der Waals surface area contributed by atoms with Crippen molar-refractivity contribution < 1.29 is 34.8 Å². The number of nitrogens with two attached hydrogens (primary N) is 1. The number of primary amides is 1. The summed E-state index contributed by atoms with van der Waals surface area (Å²) in [5, 5.41) is 44.4. The molecule has 4 atom stereocenters. The van der Waals surface area contributed by atoms with Crippen LogP contribution in [0.25, 0.3) is 0 Å². The Bertz CT molecular complexity index is 1530. The molecule has 1 aromatic heterocycles. The standard InChI is InChI=1S/C28H25N3O7/c1-31(2)22-17-11-15-10-16-14(6-5-13-4-3-9-30-12-13)7-8-18(32)20(16)23(33)19(15)25(35)28(17,38)26(36)21(24(22)34)27(29)37/h3-4,7-9,12,15,17,22,32,34-35,38H,10-11H2,1-2H3,(H2,29,37)/t15-,17-,22-,28+/m1/s1. The van der Waals surface area contributed by atoms with Gasteiger partial charge in [0.05, 0.1) is 11.6 Å². The number of phenolic OH excluding ortho intramolecular Hbond substituents is 1. The number of Topliss-reactive ketones (excluding diaryl/α,β-unsaturated/α-hetero) is 2. The Morgan fingerprint density at radius 2 is 1.89 bits per heavy atom. The lowest BCUT2D eigenvalue weighted by Crippen LogP contribution is -2.63. The molecule has 1 aromatic carbocycles. The molecule has 194 valence electrons. The first-order chi connectivity index (χ1) is 18.0. The molecule has 6 N–H and O–H groups in total. The van der Waals surface area contributed by atoms with Crippen LogP contribution in [-0.2, 0) is 16.0 Å². The Morgan fingerprint density at radius 1 is 1.16 bits per heavy atom.